The van der Waals surface area contributed by atoms with Crippen LogP contribution in [0.3, 0.4) is 0 Å². The molecule has 0 aromatic heterocycles. The van der Waals surface area contributed by atoms with E-state index in [1.165, 1.54) is 0 Å². The zero-order valence-corrected chi connectivity index (χ0v) is 17.0. The third-order valence-electron chi connectivity index (χ3n) is 3.60. The van der Waals surface area contributed by atoms with Crippen molar-refractivity contribution >= 4 is 30.4 Å². The maximum absolute atomic E-state index is 12.7. The molecule has 3 aromatic carbocycles. The topological polar surface area (TPSA) is 43.4 Å². The van der Waals surface area contributed by atoms with Gasteiger partial charge in [0.1, 0.15) is 0 Å². The van der Waals surface area contributed by atoms with Gasteiger partial charge in [0.25, 0.3) is 0 Å². The summed E-state index contributed by atoms with van der Waals surface area (Å²) in [6.07, 6.45) is 0. The molecule has 0 fully saturated rings. The first kappa shape index (κ1) is 18.1. The molecule has 0 N–H and O–H groups in total. The molecule has 0 saturated heterocycles. The molecule has 0 amide bonds. The second kappa shape index (κ2) is 7.68. The zero-order valence-electron chi connectivity index (χ0n) is 14.0. The predicted octanol–water partition coefficient (Wildman–Crippen LogP) is 5.17. The summed E-state index contributed by atoms with van der Waals surface area (Å²) in [7, 11) is -3.81. The first-order valence-electron chi connectivity index (χ1n) is 7.79. The molecule has 0 radical (unpaired) electrons. The van der Waals surface area contributed by atoms with Crippen LogP contribution < -0.4 is 0 Å². The van der Waals surface area contributed by atoms with E-state index in [0.717, 1.165) is 18.3 Å². The van der Waals surface area contributed by atoms with Gasteiger partial charge in [0.15, 0.2) is 0 Å². The van der Waals surface area contributed by atoms with E-state index in [0.29, 0.717) is 0 Å². The van der Waals surface area contributed by atoms with E-state index in [4.69, 9.17) is 2.51 Å². The molecule has 0 aliphatic heterocycles. The molecule has 0 bridgehead atoms. The number of aryl methyl sites for hydroxylation is 2. The molecule has 25 heavy (non-hydrogen) atoms. The zero-order chi connectivity index (χ0) is 17.9. The van der Waals surface area contributed by atoms with Gasteiger partial charge < -0.3 is 0 Å². The van der Waals surface area contributed by atoms with E-state index in [1.807, 2.05) is 62.4 Å². The number of rotatable bonds is 5. The summed E-state index contributed by atoms with van der Waals surface area (Å²) >= 11 is -2.59. The van der Waals surface area contributed by atoms with Gasteiger partial charge in [-0.2, -0.15) is 0 Å². The fraction of sp³-hybridized carbons (Fsp3) is 0.100. The summed E-state index contributed by atoms with van der Waals surface area (Å²) in [4.78, 5) is 0.191. The van der Waals surface area contributed by atoms with E-state index in [2.05, 4.69) is 0 Å². The third-order valence-corrected chi connectivity index (χ3v) is 10.9. The van der Waals surface area contributed by atoms with Gasteiger partial charge in [-0.25, -0.2) is 0 Å². The van der Waals surface area contributed by atoms with Gasteiger partial charge >= 0.3 is 157 Å². The fourth-order valence-corrected chi connectivity index (χ4v) is 9.11. The number of benzene rings is 3. The maximum atomic E-state index is 12.7. The van der Waals surface area contributed by atoms with Crippen molar-refractivity contribution in [3.63, 3.8) is 0 Å². The Bertz CT molecular complexity index is 889. The average Bonchev–Trinajstić information content (AvgIpc) is 2.62. The molecular formula is C20H19IO3S. The second-order valence-corrected chi connectivity index (χ2v) is 12.2. The van der Waals surface area contributed by atoms with Crippen LogP contribution >= 0.6 is 20.2 Å². The SMILES string of the molecule is Cc1ccc(I(OS(=O)(=O)c2ccccc2)c2ccc(C)cc2)cc1. The third kappa shape index (κ3) is 4.48. The quantitative estimate of drug-likeness (QED) is 0.488. The van der Waals surface area contributed by atoms with Crippen LogP contribution in [0.5, 0.6) is 0 Å². The summed E-state index contributed by atoms with van der Waals surface area (Å²) in [6, 6.07) is 24.2. The minimum atomic E-state index is -3.81. The van der Waals surface area contributed by atoms with E-state index in [-0.39, 0.29) is 4.90 Å². The minimum absolute atomic E-state index is 0.191. The van der Waals surface area contributed by atoms with Crippen molar-refractivity contribution in [3.05, 3.63) is 97.1 Å². The van der Waals surface area contributed by atoms with Crippen LogP contribution in [-0.4, -0.2) is 8.42 Å². The molecule has 5 heteroatoms. The molecule has 3 nitrogen and oxygen atoms in total. The van der Waals surface area contributed by atoms with Crippen LogP contribution in [0.15, 0.2) is 83.8 Å². The molecular weight excluding hydrogens is 447 g/mol. The first-order valence-corrected chi connectivity index (χ1v) is 12.2. The Morgan fingerprint density at radius 2 is 1.12 bits per heavy atom. The second-order valence-electron chi connectivity index (χ2n) is 5.67. The molecule has 0 aliphatic rings. The monoisotopic (exact) mass is 466 g/mol. The molecule has 0 saturated carbocycles. The van der Waals surface area contributed by atoms with Crippen LogP contribution in [0, 0.1) is 21.0 Å². The van der Waals surface area contributed by atoms with Crippen molar-refractivity contribution in [3.8, 4) is 0 Å². The van der Waals surface area contributed by atoms with Gasteiger partial charge in [-0.15, -0.1) is 0 Å². The van der Waals surface area contributed by atoms with Crippen LogP contribution in [0.25, 0.3) is 0 Å². The number of hydrogen-bond acceptors (Lipinski definition) is 3. The molecule has 0 spiro atoms. The van der Waals surface area contributed by atoms with Crippen LogP contribution in [0.4, 0.5) is 0 Å². The molecule has 3 aromatic rings. The van der Waals surface area contributed by atoms with Gasteiger partial charge in [-0.05, 0) is 0 Å². The summed E-state index contributed by atoms with van der Waals surface area (Å²) in [6.45, 7) is 4.02. The van der Waals surface area contributed by atoms with Crippen LogP contribution in [0.2, 0.25) is 0 Å². The Kier molecular flexibility index (Phi) is 5.56. The Balaban J connectivity index is 2.02. The molecule has 0 aliphatic carbocycles. The van der Waals surface area contributed by atoms with Crippen LogP contribution in [0.1, 0.15) is 11.1 Å². The van der Waals surface area contributed by atoms with Crippen molar-refractivity contribution in [2.45, 2.75) is 18.7 Å². The van der Waals surface area contributed by atoms with E-state index in [1.54, 1.807) is 30.3 Å². The van der Waals surface area contributed by atoms with Crippen LogP contribution in [-0.2, 0) is 12.6 Å². The summed E-state index contributed by atoms with van der Waals surface area (Å²) < 4.78 is 33.2. The first-order chi connectivity index (χ1) is 12.0. The molecule has 130 valence electrons. The van der Waals surface area contributed by atoms with E-state index in [9.17, 15) is 8.42 Å². The fourth-order valence-electron chi connectivity index (χ4n) is 2.20. The van der Waals surface area contributed by atoms with Crippen molar-refractivity contribution in [1.82, 2.24) is 0 Å². The van der Waals surface area contributed by atoms with Gasteiger partial charge in [-0.3, -0.25) is 0 Å². The summed E-state index contributed by atoms with van der Waals surface area (Å²) in [5, 5.41) is 0. The van der Waals surface area contributed by atoms with Gasteiger partial charge in [0, 0.05) is 0 Å². The normalized spacial score (nSPS) is 12.0. The summed E-state index contributed by atoms with van der Waals surface area (Å²) in [5.74, 6) is 0. The Morgan fingerprint density at radius 3 is 1.56 bits per heavy atom. The molecule has 0 atom stereocenters. The molecule has 0 heterocycles. The van der Waals surface area contributed by atoms with Crippen molar-refractivity contribution in [2.24, 2.45) is 0 Å². The predicted molar refractivity (Wildman–Crippen MR) is 108 cm³/mol. The van der Waals surface area contributed by atoms with Crippen molar-refractivity contribution in [1.29, 1.82) is 0 Å². The van der Waals surface area contributed by atoms with Gasteiger partial charge in [0.2, 0.25) is 0 Å². The molecule has 0 unspecified atom stereocenters. The Labute approximate surface area is 156 Å². The van der Waals surface area contributed by atoms with Gasteiger partial charge in [-0.1, -0.05) is 0 Å². The van der Waals surface area contributed by atoms with Crippen molar-refractivity contribution in [2.75, 3.05) is 0 Å². The Morgan fingerprint density at radius 1 is 0.680 bits per heavy atom. The Hall–Kier alpha value is -1.70. The number of halogens is 1. The summed E-state index contributed by atoms with van der Waals surface area (Å²) in [5.41, 5.74) is 2.27. The van der Waals surface area contributed by atoms with Gasteiger partial charge in [0.05, 0.1) is 0 Å². The van der Waals surface area contributed by atoms with E-state index < -0.39 is 30.4 Å². The standard InChI is InChI=1S/C20H19IO3S/c1-16-8-12-18(13-9-16)21(19-14-10-17(2)11-15-19)24-25(22,23)20-6-4-3-5-7-20/h3-15H,1-2H3. The van der Waals surface area contributed by atoms with E-state index >= 15 is 0 Å². The molecule has 3 rings (SSSR count). The average molecular weight is 466 g/mol. The number of hydrogen-bond donors (Lipinski definition) is 0. The van der Waals surface area contributed by atoms with Crippen molar-refractivity contribution < 1.29 is 10.9 Å².